The minimum Gasteiger partial charge on any atom is -0.690 e. The van der Waals surface area contributed by atoms with Gasteiger partial charge in [0.25, 0.3) is 0 Å². The first-order valence-corrected chi connectivity index (χ1v) is 4.32. The molecule has 1 fully saturated rings. The van der Waals surface area contributed by atoms with Gasteiger partial charge >= 0.3 is 24.8 Å². The largest absolute Gasteiger partial charge is 1.00 e. The van der Waals surface area contributed by atoms with Crippen LogP contribution in [0.4, 0.5) is 0 Å². The molecule has 0 atom stereocenters. The Kier molecular flexibility index (Phi) is 5.22. The number of carbonyl (C=O) groups excluding carboxylic acids is 1. The van der Waals surface area contributed by atoms with Crippen LogP contribution in [0, 0.1) is 12.3 Å². The fraction of sp³-hybridized carbons (Fsp3) is 0.700. The van der Waals surface area contributed by atoms with Gasteiger partial charge in [0, 0.05) is 6.92 Å². The molecule has 13 heavy (non-hydrogen) atoms. The van der Waals surface area contributed by atoms with Crippen LogP contribution >= 0.6 is 0 Å². The first-order valence-electron chi connectivity index (χ1n) is 4.32. The summed E-state index contributed by atoms with van der Waals surface area (Å²) in [6, 6.07) is 0. The molecule has 1 aliphatic carbocycles. The number of carbonyl (C=O) groups is 1. The van der Waals surface area contributed by atoms with Gasteiger partial charge in [-0.1, -0.05) is 6.42 Å². The Morgan fingerprint density at radius 3 is 2.31 bits per heavy atom. The van der Waals surface area contributed by atoms with Crippen LogP contribution in [-0.4, -0.2) is 11.6 Å². The van der Waals surface area contributed by atoms with E-state index in [1.165, 1.54) is 13.3 Å². The summed E-state index contributed by atoms with van der Waals surface area (Å²) in [5, 5.41) is 0. The molecule has 3 heteroatoms. The van der Waals surface area contributed by atoms with Gasteiger partial charge in [0.2, 0.25) is 0 Å². The fourth-order valence-corrected chi connectivity index (χ4v) is 1.65. The molecule has 0 spiro atoms. The van der Waals surface area contributed by atoms with Crippen molar-refractivity contribution < 1.29 is 28.4 Å². The molecule has 0 radical (unpaired) electrons. The minimum absolute atomic E-state index is 0. The number of rotatable bonds is 1. The van der Waals surface area contributed by atoms with Crippen LogP contribution in [0.25, 0.3) is 0 Å². The van der Waals surface area contributed by atoms with Gasteiger partial charge < -0.3 is 17.1 Å². The summed E-state index contributed by atoms with van der Waals surface area (Å²) in [6.07, 6.45) is 11.9. The Labute approximate surface area is 91.6 Å². The first kappa shape index (κ1) is 12.6. The molecular weight excluding hydrogens is 159 g/mol. The van der Waals surface area contributed by atoms with E-state index in [9.17, 15) is 4.79 Å². The Morgan fingerprint density at radius 1 is 1.38 bits per heavy atom. The third-order valence-electron chi connectivity index (χ3n) is 2.23. The normalized spacial score (nSPS) is 19.4. The Hall–Kier alpha value is -0.373. The zero-order chi connectivity index (χ0) is 9.03. The van der Waals surface area contributed by atoms with Gasteiger partial charge in [-0.25, -0.2) is 0 Å². The van der Waals surface area contributed by atoms with Gasteiger partial charge in [0.05, 0.1) is 0 Å². The maximum Gasteiger partial charge on any atom is 1.00 e. The molecule has 0 heterocycles. The zero-order valence-electron chi connectivity index (χ0n) is 8.35. The molecule has 0 aliphatic heterocycles. The van der Waals surface area contributed by atoms with Gasteiger partial charge in [-0.3, -0.25) is 4.79 Å². The van der Waals surface area contributed by atoms with E-state index in [1.807, 2.05) is 0 Å². The second-order valence-electron chi connectivity index (χ2n) is 3.27. The molecule has 0 N–H and O–H groups in total. The van der Waals surface area contributed by atoms with E-state index in [2.05, 4.69) is 5.92 Å². The maximum absolute atomic E-state index is 10.7. The van der Waals surface area contributed by atoms with Gasteiger partial charge in [0.15, 0.2) is 0 Å². The average molecular weight is 172 g/mol. The molecule has 1 saturated carbocycles. The van der Waals surface area contributed by atoms with E-state index in [0.29, 0.717) is 0 Å². The standard InChI is InChI=1S/C10H13O2.Li/c1-3-10(12-9(2)11)7-5-4-6-8-10;/h4-8H2,2H3;/q-1;+1. The van der Waals surface area contributed by atoms with Crippen LogP contribution in [0.1, 0.15) is 39.0 Å². The predicted octanol–water partition coefficient (Wildman–Crippen LogP) is -1.15. The van der Waals surface area contributed by atoms with E-state index in [0.717, 1.165) is 25.7 Å². The van der Waals surface area contributed by atoms with Crippen molar-refractivity contribution in [1.29, 1.82) is 0 Å². The Morgan fingerprint density at radius 2 is 1.92 bits per heavy atom. The molecule has 1 rings (SSSR count). The molecule has 0 aromatic rings. The molecule has 66 valence electrons. The summed E-state index contributed by atoms with van der Waals surface area (Å²) in [4.78, 5) is 10.7. The maximum atomic E-state index is 10.7. The molecule has 1 aliphatic rings. The van der Waals surface area contributed by atoms with Crippen LogP contribution in [0.15, 0.2) is 0 Å². The van der Waals surface area contributed by atoms with Crippen LogP contribution in [0.2, 0.25) is 0 Å². The van der Waals surface area contributed by atoms with Gasteiger partial charge in [-0.05, 0) is 25.7 Å². The van der Waals surface area contributed by atoms with Crippen molar-refractivity contribution in [3.63, 3.8) is 0 Å². The van der Waals surface area contributed by atoms with Crippen LogP contribution < -0.4 is 18.9 Å². The summed E-state index contributed by atoms with van der Waals surface area (Å²) >= 11 is 0. The fourth-order valence-electron chi connectivity index (χ4n) is 1.65. The molecule has 0 saturated heterocycles. The van der Waals surface area contributed by atoms with Crippen molar-refractivity contribution in [1.82, 2.24) is 0 Å². The van der Waals surface area contributed by atoms with Gasteiger partial charge in [0.1, 0.15) is 5.60 Å². The van der Waals surface area contributed by atoms with Crippen molar-refractivity contribution in [2.45, 2.75) is 44.6 Å². The monoisotopic (exact) mass is 172 g/mol. The summed E-state index contributed by atoms with van der Waals surface area (Å²) in [6.45, 7) is 1.38. The number of hydrogen-bond acceptors (Lipinski definition) is 2. The Balaban J connectivity index is 0.00000144. The molecule has 2 nitrogen and oxygen atoms in total. The number of ether oxygens (including phenoxy) is 1. The molecular formula is C10H13LiO2. The third-order valence-corrected chi connectivity index (χ3v) is 2.23. The molecule has 0 amide bonds. The van der Waals surface area contributed by atoms with Crippen LogP contribution in [0.3, 0.4) is 0 Å². The van der Waals surface area contributed by atoms with Crippen LogP contribution in [-0.2, 0) is 9.53 Å². The van der Waals surface area contributed by atoms with Gasteiger partial charge in [-0.15, -0.1) is 0 Å². The van der Waals surface area contributed by atoms with Crippen molar-refractivity contribution in [3.05, 3.63) is 6.42 Å². The Bertz CT molecular complexity index is 211. The van der Waals surface area contributed by atoms with E-state index >= 15 is 0 Å². The zero-order valence-corrected chi connectivity index (χ0v) is 8.35. The SMILES string of the molecule is [C-]#CC1(OC(C)=O)CCCCC1.[Li+]. The molecule has 0 aromatic heterocycles. The smallest absolute Gasteiger partial charge is 0.690 e. The van der Waals surface area contributed by atoms with E-state index in [4.69, 9.17) is 11.2 Å². The number of hydrogen-bond donors (Lipinski definition) is 0. The molecule has 0 aromatic carbocycles. The van der Waals surface area contributed by atoms with E-state index in [1.54, 1.807) is 0 Å². The first-order chi connectivity index (χ1) is 5.68. The second-order valence-corrected chi connectivity index (χ2v) is 3.27. The quantitative estimate of drug-likeness (QED) is 0.216. The van der Waals surface area contributed by atoms with Crippen molar-refractivity contribution in [3.8, 4) is 5.92 Å². The molecule has 0 bridgehead atoms. The second kappa shape index (κ2) is 5.38. The number of esters is 1. The third kappa shape index (κ3) is 3.47. The topological polar surface area (TPSA) is 26.3 Å². The minimum atomic E-state index is -0.690. The van der Waals surface area contributed by atoms with E-state index < -0.39 is 5.60 Å². The summed E-state index contributed by atoms with van der Waals surface area (Å²) < 4.78 is 5.09. The molecule has 0 unspecified atom stereocenters. The van der Waals surface area contributed by atoms with E-state index in [-0.39, 0.29) is 24.8 Å². The van der Waals surface area contributed by atoms with Crippen molar-refractivity contribution >= 4 is 5.97 Å². The summed E-state index contributed by atoms with van der Waals surface area (Å²) in [5.41, 5.74) is -0.690. The van der Waals surface area contributed by atoms with Crippen LogP contribution in [0.5, 0.6) is 0 Å². The average Bonchev–Trinajstić information content (AvgIpc) is 2.05. The predicted molar refractivity (Wildman–Crippen MR) is 44.7 cm³/mol. The summed E-state index contributed by atoms with van der Waals surface area (Å²) in [7, 11) is 0. The van der Waals surface area contributed by atoms with Gasteiger partial charge in [-0.2, -0.15) is 0 Å². The van der Waals surface area contributed by atoms with Crippen molar-refractivity contribution in [2.24, 2.45) is 0 Å². The van der Waals surface area contributed by atoms with Crippen molar-refractivity contribution in [2.75, 3.05) is 0 Å². The summed E-state index contributed by atoms with van der Waals surface area (Å²) in [5.74, 6) is 2.05.